The third-order valence-corrected chi connectivity index (χ3v) is 1.62. The largest absolute Gasteiger partial charge is 0.480 e. The van der Waals surface area contributed by atoms with Gasteiger partial charge in [0.2, 0.25) is 0 Å². The third-order valence-electron chi connectivity index (χ3n) is 1.62. The van der Waals surface area contributed by atoms with E-state index in [1.54, 1.807) is 0 Å². The number of hydrogen-bond donors (Lipinski definition) is 2. The topological polar surface area (TPSA) is 63.3 Å². The predicted molar refractivity (Wildman–Crippen MR) is 45.8 cm³/mol. The van der Waals surface area contributed by atoms with E-state index in [4.69, 9.17) is 10.8 Å². The maximum atomic E-state index is 10.4. The first-order chi connectivity index (χ1) is 5.70. The van der Waals surface area contributed by atoms with Crippen LogP contribution in [0, 0.1) is 0 Å². The summed E-state index contributed by atoms with van der Waals surface area (Å²) in [7, 11) is 0. The van der Waals surface area contributed by atoms with E-state index in [0.717, 1.165) is 5.56 Å². The number of carboxylic acid groups (broad SMARTS) is 1. The summed E-state index contributed by atoms with van der Waals surface area (Å²) in [5.74, 6) is -0.959. The second-order valence-electron chi connectivity index (χ2n) is 2.63. The summed E-state index contributed by atoms with van der Waals surface area (Å²) in [5, 5.41) is 8.52. The Morgan fingerprint density at radius 1 is 1.38 bits per heavy atom. The first-order valence-corrected chi connectivity index (χ1v) is 3.72. The molecule has 0 amide bonds. The zero-order chi connectivity index (χ0) is 8.97. The molecule has 1 atom stereocenters. The van der Waals surface area contributed by atoms with Gasteiger partial charge in [0.1, 0.15) is 6.04 Å². The Hall–Kier alpha value is -0.818. The predicted octanol–water partition coefficient (Wildman–Crippen LogP) is 0.639. The fourth-order valence-corrected chi connectivity index (χ4v) is 0.955. The average Bonchev–Trinajstić information content (AvgIpc) is 2.06. The van der Waals surface area contributed by atoms with E-state index in [1.807, 2.05) is 30.3 Å². The SMILES string of the molecule is N[C@H](Cc1ccccc1)C(=O)O.[Cr]. The summed E-state index contributed by atoms with van der Waals surface area (Å²) in [5.41, 5.74) is 6.30. The van der Waals surface area contributed by atoms with Crippen LogP contribution in [0.2, 0.25) is 0 Å². The molecule has 0 unspecified atom stereocenters. The van der Waals surface area contributed by atoms with Gasteiger partial charge in [-0.05, 0) is 12.0 Å². The van der Waals surface area contributed by atoms with Crippen molar-refractivity contribution in [1.82, 2.24) is 0 Å². The molecule has 0 aliphatic heterocycles. The zero-order valence-corrected chi connectivity index (χ0v) is 8.29. The second-order valence-corrected chi connectivity index (χ2v) is 2.63. The van der Waals surface area contributed by atoms with E-state index < -0.39 is 12.0 Å². The van der Waals surface area contributed by atoms with Crippen molar-refractivity contribution in [3.63, 3.8) is 0 Å². The van der Waals surface area contributed by atoms with Gasteiger partial charge in [0.15, 0.2) is 0 Å². The molecule has 1 aromatic carbocycles. The fraction of sp³-hybridized carbons (Fsp3) is 0.222. The van der Waals surface area contributed by atoms with E-state index in [2.05, 4.69) is 0 Å². The first kappa shape index (κ1) is 12.2. The van der Waals surface area contributed by atoms with Crippen molar-refractivity contribution in [2.45, 2.75) is 12.5 Å². The van der Waals surface area contributed by atoms with Crippen LogP contribution in [-0.4, -0.2) is 17.1 Å². The van der Waals surface area contributed by atoms with Gasteiger partial charge in [-0.25, -0.2) is 0 Å². The van der Waals surface area contributed by atoms with E-state index in [1.165, 1.54) is 0 Å². The Labute approximate surface area is 87.7 Å². The van der Waals surface area contributed by atoms with E-state index in [0.29, 0.717) is 6.42 Å². The number of nitrogens with two attached hydrogens (primary N) is 1. The molecule has 4 heteroatoms. The summed E-state index contributed by atoms with van der Waals surface area (Å²) in [6, 6.07) is 8.54. The molecule has 0 saturated heterocycles. The summed E-state index contributed by atoms with van der Waals surface area (Å²) >= 11 is 0. The maximum Gasteiger partial charge on any atom is 0.320 e. The smallest absolute Gasteiger partial charge is 0.320 e. The van der Waals surface area contributed by atoms with Crippen LogP contribution in [0.5, 0.6) is 0 Å². The average molecular weight is 217 g/mol. The van der Waals surface area contributed by atoms with Crippen LogP contribution in [-0.2, 0) is 28.6 Å². The molecule has 0 heterocycles. The fourth-order valence-electron chi connectivity index (χ4n) is 0.955. The number of hydrogen-bond acceptors (Lipinski definition) is 2. The quantitative estimate of drug-likeness (QED) is 0.780. The zero-order valence-electron chi connectivity index (χ0n) is 7.01. The minimum absolute atomic E-state index is 0. The van der Waals surface area contributed by atoms with E-state index in [-0.39, 0.29) is 17.4 Å². The van der Waals surface area contributed by atoms with E-state index >= 15 is 0 Å². The number of carbonyl (C=O) groups is 1. The van der Waals surface area contributed by atoms with Gasteiger partial charge in [0.25, 0.3) is 0 Å². The summed E-state index contributed by atoms with van der Waals surface area (Å²) < 4.78 is 0. The van der Waals surface area contributed by atoms with Gasteiger partial charge in [-0.3, -0.25) is 4.79 Å². The molecule has 1 rings (SSSR count). The van der Waals surface area contributed by atoms with Gasteiger partial charge >= 0.3 is 5.97 Å². The Balaban J connectivity index is 0.00000144. The first-order valence-electron chi connectivity index (χ1n) is 3.72. The van der Waals surface area contributed by atoms with Gasteiger partial charge in [0.05, 0.1) is 0 Å². The second kappa shape index (κ2) is 5.76. The van der Waals surface area contributed by atoms with Crippen LogP contribution in [0.3, 0.4) is 0 Å². The maximum absolute atomic E-state index is 10.4. The van der Waals surface area contributed by atoms with Crippen LogP contribution in [0.25, 0.3) is 0 Å². The molecular formula is C9H11CrNO2. The molecule has 0 aliphatic rings. The van der Waals surface area contributed by atoms with Gasteiger partial charge in [-0.1, -0.05) is 30.3 Å². The Kier molecular flexibility index (Phi) is 5.40. The number of aliphatic carboxylic acids is 1. The number of rotatable bonds is 3. The van der Waals surface area contributed by atoms with Crippen molar-refractivity contribution < 1.29 is 27.3 Å². The molecule has 0 saturated carbocycles. The van der Waals surface area contributed by atoms with Crippen molar-refractivity contribution >= 4 is 5.97 Å². The Bertz CT molecular complexity index is 264. The molecule has 0 radical (unpaired) electrons. The van der Waals surface area contributed by atoms with Crippen LogP contribution >= 0.6 is 0 Å². The van der Waals surface area contributed by atoms with Crippen molar-refractivity contribution in [3.8, 4) is 0 Å². The van der Waals surface area contributed by atoms with Crippen LogP contribution < -0.4 is 5.73 Å². The van der Waals surface area contributed by atoms with Crippen molar-refractivity contribution in [1.29, 1.82) is 0 Å². The molecule has 0 aliphatic carbocycles. The van der Waals surface area contributed by atoms with Gasteiger partial charge in [-0.15, -0.1) is 0 Å². The molecule has 3 N–H and O–H groups in total. The molecule has 3 nitrogen and oxygen atoms in total. The molecule has 13 heavy (non-hydrogen) atoms. The number of carboxylic acids is 1. The van der Waals surface area contributed by atoms with Gasteiger partial charge in [-0.2, -0.15) is 0 Å². The van der Waals surface area contributed by atoms with Crippen LogP contribution in [0.4, 0.5) is 0 Å². The third kappa shape index (κ3) is 4.09. The minimum Gasteiger partial charge on any atom is -0.480 e. The van der Waals surface area contributed by atoms with Crippen molar-refractivity contribution in [3.05, 3.63) is 35.9 Å². The van der Waals surface area contributed by atoms with Crippen molar-refractivity contribution in [2.24, 2.45) is 5.73 Å². The molecule has 1 aromatic rings. The summed E-state index contributed by atoms with van der Waals surface area (Å²) in [6.45, 7) is 0. The van der Waals surface area contributed by atoms with Gasteiger partial charge < -0.3 is 10.8 Å². The normalized spacial score (nSPS) is 11.5. The Morgan fingerprint density at radius 2 is 1.92 bits per heavy atom. The molecule has 0 spiro atoms. The number of benzene rings is 1. The standard InChI is InChI=1S/C9H11NO2.Cr/c10-8(9(11)12)6-7-4-2-1-3-5-7;/h1-5,8H,6,10H2,(H,11,12);/t8-;/m1./s1. The minimum atomic E-state index is -0.959. The Morgan fingerprint density at radius 3 is 2.38 bits per heavy atom. The summed E-state index contributed by atoms with van der Waals surface area (Å²) in [6.07, 6.45) is 0.385. The molecular weight excluding hydrogens is 206 g/mol. The van der Waals surface area contributed by atoms with E-state index in [9.17, 15) is 4.79 Å². The molecule has 0 fully saturated rings. The van der Waals surface area contributed by atoms with Crippen LogP contribution in [0.15, 0.2) is 30.3 Å². The molecule has 0 bridgehead atoms. The van der Waals surface area contributed by atoms with Crippen LogP contribution in [0.1, 0.15) is 5.56 Å². The van der Waals surface area contributed by atoms with Crippen molar-refractivity contribution in [2.75, 3.05) is 0 Å². The molecule has 0 aromatic heterocycles. The molecule has 70 valence electrons. The summed E-state index contributed by atoms with van der Waals surface area (Å²) in [4.78, 5) is 10.4. The van der Waals surface area contributed by atoms with Gasteiger partial charge in [0, 0.05) is 17.4 Å². The monoisotopic (exact) mass is 217 g/mol.